The summed E-state index contributed by atoms with van der Waals surface area (Å²) in [5, 5.41) is 5.94. The Labute approximate surface area is 368 Å². The maximum atomic E-state index is 7.21. The number of benzene rings is 9. The Balaban J connectivity index is 1.05. The normalized spacial score (nSPS) is 16.3. The molecular weight excluding hydrogens is 781 g/mol. The van der Waals surface area contributed by atoms with Crippen molar-refractivity contribution in [1.29, 1.82) is 0 Å². The van der Waals surface area contributed by atoms with E-state index in [0.717, 1.165) is 45.2 Å². The van der Waals surface area contributed by atoms with Crippen LogP contribution < -0.4 is 4.74 Å². The van der Waals surface area contributed by atoms with Gasteiger partial charge in [0.1, 0.15) is 16.7 Å². The zero-order chi connectivity index (χ0) is 42.1. The summed E-state index contributed by atoms with van der Waals surface area (Å²) in [5.74, 6) is 2.42. The highest BCUT2D eigenvalue weighted by atomic mass is 16.5. The topological polar surface area (TPSA) is 32.2 Å². The second-order valence-electron chi connectivity index (χ2n) is 18.4. The maximum absolute atomic E-state index is 7.21. The second kappa shape index (κ2) is 11.9. The Hall–Kier alpha value is -8.08. The number of nitrogens with zero attached hydrogens (tertiary/aromatic N) is 2. The first kappa shape index (κ1) is 34.5. The van der Waals surface area contributed by atoms with Gasteiger partial charge in [-0.15, -0.1) is 0 Å². The molecule has 4 heterocycles. The van der Waals surface area contributed by atoms with Crippen LogP contribution in [0.15, 0.2) is 199 Å². The van der Waals surface area contributed by atoms with Crippen LogP contribution in [0.1, 0.15) is 47.4 Å². The zero-order valence-electron chi connectivity index (χ0n) is 35.2. The fraction of sp³-hybridized carbons (Fsp3) is 0.0667. The molecular formula is C60H38N2O2. The van der Waals surface area contributed by atoms with Crippen LogP contribution in [0.3, 0.4) is 0 Å². The average molecular weight is 819 g/mol. The molecule has 4 nitrogen and oxygen atoms in total. The summed E-state index contributed by atoms with van der Waals surface area (Å²) >= 11 is 0. The SMILES string of the molecule is CC1(C)c2ccccc2-c2cc3c4ccccc4n(-c4ccc5c(c4)C4(c6ccccc6Oc6c4oc4ccccc64)c4cc(-n6c7ccccc7c7ccccc76)ccc4-5)c3cc21. The van der Waals surface area contributed by atoms with Crippen LogP contribution >= 0.6 is 0 Å². The Bertz CT molecular complexity index is 3990. The highest BCUT2D eigenvalue weighted by Crippen LogP contribution is 2.64. The van der Waals surface area contributed by atoms with Crippen LogP contribution in [-0.2, 0) is 10.8 Å². The first-order valence-corrected chi connectivity index (χ1v) is 22.3. The van der Waals surface area contributed by atoms with E-state index >= 15 is 0 Å². The summed E-state index contributed by atoms with van der Waals surface area (Å²) in [6, 6.07) is 71.3. The first-order chi connectivity index (χ1) is 31.5. The highest BCUT2D eigenvalue weighted by molar-refractivity contribution is 6.12. The van der Waals surface area contributed by atoms with Gasteiger partial charge in [0.15, 0.2) is 11.5 Å². The smallest absolute Gasteiger partial charge is 0.178 e. The van der Waals surface area contributed by atoms with Crippen LogP contribution in [0.2, 0.25) is 0 Å². The largest absolute Gasteiger partial charge is 0.455 e. The fourth-order valence-electron chi connectivity index (χ4n) is 12.2. The van der Waals surface area contributed by atoms with Crippen LogP contribution in [0.5, 0.6) is 11.5 Å². The third kappa shape index (κ3) is 4.10. The monoisotopic (exact) mass is 818 g/mol. The van der Waals surface area contributed by atoms with Gasteiger partial charge in [0.25, 0.3) is 0 Å². The number of fused-ring (bicyclic) bond motifs is 20. The molecule has 15 rings (SSSR count). The summed E-state index contributed by atoms with van der Waals surface area (Å²) in [7, 11) is 0. The molecule has 0 N–H and O–H groups in total. The predicted molar refractivity (Wildman–Crippen MR) is 260 cm³/mol. The molecule has 1 unspecified atom stereocenters. The van der Waals surface area contributed by atoms with Gasteiger partial charge < -0.3 is 18.3 Å². The van der Waals surface area contributed by atoms with Gasteiger partial charge in [0.2, 0.25) is 0 Å². The summed E-state index contributed by atoms with van der Waals surface area (Å²) in [6.45, 7) is 4.74. The van der Waals surface area contributed by atoms with Crippen molar-refractivity contribution < 1.29 is 9.15 Å². The fourth-order valence-corrected chi connectivity index (χ4v) is 12.2. The Morgan fingerprint density at radius 1 is 0.375 bits per heavy atom. The minimum Gasteiger partial charge on any atom is -0.455 e. The van der Waals surface area contributed by atoms with Crippen LogP contribution in [0.25, 0.3) is 88.2 Å². The minimum absolute atomic E-state index is 0.136. The van der Waals surface area contributed by atoms with E-state index in [1.54, 1.807) is 0 Å². The maximum Gasteiger partial charge on any atom is 0.178 e. The number of rotatable bonds is 2. The minimum atomic E-state index is -0.845. The highest BCUT2D eigenvalue weighted by Gasteiger charge is 2.55. The molecule has 4 heteroatoms. The van der Waals surface area contributed by atoms with Gasteiger partial charge in [0, 0.05) is 43.9 Å². The summed E-state index contributed by atoms with van der Waals surface area (Å²) in [5.41, 5.74) is 18.0. The lowest BCUT2D eigenvalue weighted by atomic mass is 9.69. The number of hydrogen-bond acceptors (Lipinski definition) is 2. The molecule has 2 aliphatic carbocycles. The van der Waals surface area contributed by atoms with E-state index in [0.29, 0.717) is 0 Å². The van der Waals surface area contributed by atoms with Gasteiger partial charge >= 0.3 is 0 Å². The molecule has 64 heavy (non-hydrogen) atoms. The van der Waals surface area contributed by atoms with Crippen molar-refractivity contribution in [2.24, 2.45) is 0 Å². The van der Waals surface area contributed by atoms with Crippen molar-refractivity contribution in [3.63, 3.8) is 0 Å². The number of hydrogen-bond donors (Lipinski definition) is 0. The van der Waals surface area contributed by atoms with Crippen molar-refractivity contribution in [3.8, 4) is 45.1 Å². The van der Waals surface area contributed by atoms with Gasteiger partial charge in [-0.1, -0.05) is 135 Å². The molecule has 300 valence electrons. The summed E-state index contributed by atoms with van der Waals surface area (Å²) < 4.78 is 19.1. The van der Waals surface area contributed by atoms with E-state index < -0.39 is 5.41 Å². The molecule has 3 aliphatic rings. The molecule has 3 aromatic heterocycles. The van der Waals surface area contributed by atoms with Crippen molar-refractivity contribution >= 4 is 54.6 Å². The Morgan fingerprint density at radius 2 is 0.891 bits per heavy atom. The Morgan fingerprint density at radius 3 is 1.56 bits per heavy atom. The molecule has 0 bridgehead atoms. The van der Waals surface area contributed by atoms with Crippen LogP contribution in [0, 0.1) is 0 Å². The van der Waals surface area contributed by atoms with E-state index in [1.807, 2.05) is 6.07 Å². The van der Waals surface area contributed by atoms with Crippen molar-refractivity contribution in [3.05, 3.63) is 228 Å². The van der Waals surface area contributed by atoms with E-state index in [2.05, 4.69) is 211 Å². The van der Waals surface area contributed by atoms with Crippen LogP contribution in [-0.4, -0.2) is 9.13 Å². The van der Waals surface area contributed by atoms with E-state index in [1.165, 1.54) is 88.1 Å². The molecule has 0 radical (unpaired) electrons. The molecule has 0 saturated heterocycles. The molecule has 12 aromatic rings. The number of furan rings is 1. The molecule has 9 aromatic carbocycles. The van der Waals surface area contributed by atoms with Crippen molar-refractivity contribution in [2.75, 3.05) is 0 Å². The van der Waals surface area contributed by atoms with Gasteiger partial charge in [-0.2, -0.15) is 0 Å². The number of ether oxygens (including phenoxy) is 1. The molecule has 0 amide bonds. The zero-order valence-corrected chi connectivity index (χ0v) is 35.2. The quantitative estimate of drug-likeness (QED) is 0.174. The molecule has 1 atom stereocenters. The number of aromatic nitrogens is 2. The second-order valence-corrected chi connectivity index (χ2v) is 18.4. The first-order valence-electron chi connectivity index (χ1n) is 22.3. The number of para-hydroxylation sites is 5. The summed E-state index contributed by atoms with van der Waals surface area (Å²) in [4.78, 5) is 0. The predicted octanol–water partition coefficient (Wildman–Crippen LogP) is 15.4. The van der Waals surface area contributed by atoms with E-state index in [-0.39, 0.29) is 5.41 Å². The van der Waals surface area contributed by atoms with Crippen molar-refractivity contribution in [2.45, 2.75) is 24.7 Å². The standard InChI is InChI=1S/C60H38N2O2/c1-59(2)46-20-8-3-15-37(46)44-33-45-42-18-6-12-24-53(42)62(54(45)34-48(44)59)36-28-30-39-38-29-27-35(61-51-22-10-4-16-40(51)41-17-5-11-23-52(41)61)31-49(38)60(50(39)32-36)47-21-9-14-26-56(47)63-57-43-19-7-13-25-55(43)64-58(57)60/h3-34H,1-2H3. The summed E-state index contributed by atoms with van der Waals surface area (Å²) in [6.07, 6.45) is 0. The average Bonchev–Trinajstić information content (AvgIpc) is 4.10. The van der Waals surface area contributed by atoms with Gasteiger partial charge in [-0.3, -0.25) is 0 Å². The lowest BCUT2D eigenvalue weighted by molar-refractivity contribution is 0.389. The van der Waals surface area contributed by atoms with Gasteiger partial charge in [-0.25, -0.2) is 0 Å². The van der Waals surface area contributed by atoms with E-state index in [9.17, 15) is 0 Å². The van der Waals surface area contributed by atoms with Gasteiger partial charge in [-0.05, 0) is 117 Å². The molecule has 1 aliphatic heterocycles. The van der Waals surface area contributed by atoms with Gasteiger partial charge in [0.05, 0.1) is 27.5 Å². The van der Waals surface area contributed by atoms with E-state index in [4.69, 9.17) is 9.15 Å². The molecule has 0 fully saturated rings. The lowest BCUT2D eigenvalue weighted by Gasteiger charge is -2.36. The lowest BCUT2D eigenvalue weighted by Crippen LogP contribution is -2.31. The van der Waals surface area contributed by atoms with Crippen molar-refractivity contribution in [1.82, 2.24) is 9.13 Å². The third-order valence-electron chi connectivity index (χ3n) is 15.0. The molecule has 1 spiro atoms. The Kier molecular flexibility index (Phi) is 6.41. The molecule has 0 saturated carbocycles. The van der Waals surface area contributed by atoms with Crippen LogP contribution in [0.4, 0.5) is 0 Å². The third-order valence-corrected chi connectivity index (χ3v) is 15.0.